The number of aliphatic hydroxyl groups is 1. The summed E-state index contributed by atoms with van der Waals surface area (Å²) < 4.78 is 5.41. The first-order chi connectivity index (χ1) is 7.18. The smallest absolute Gasteiger partial charge is 0.135 e. The van der Waals surface area contributed by atoms with E-state index in [9.17, 15) is 5.11 Å². The summed E-state index contributed by atoms with van der Waals surface area (Å²) in [6.45, 7) is 0. The molecule has 0 radical (unpaired) electrons. The van der Waals surface area contributed by atoms with Crippen LogP contribution in [0.15, 0.2) is 23.1 Å². The van der Waals surface area contributed by atoms with E-state index < -0.39 is 5.60 Å². The van der Waals surface area contributed by atoms with Crippen LogP contribution in [0.3, 0.4) is 0 Å². The van der Waals surface area contributed by atoms with E-state index >= 15 is 0 Å². The van der Waals surface area contributed by atoms with Crippen LogP contribution >= 0.6 is 11.8 Å². The topological polar surface area (TPSA) is 29.5 Å². The largest absolute Gasteiger partial charge is 0.495 e. The van der Waals surface area contributed by atoms with Crippen molar-refractivity contribution in [1.29, 1.82) is 0 Å². The van der Waals surface area contributed by atoms with Gasteiger partial charge in [0.1, 0.15) is 5.75 Å². The van der Waals surface area contributed by atoms with E-state index in [0.29, 0.717) is 6.42 Å². The zero-order valence-electron chi connectivity index (χ0n) is 9.12. The summed E-state index contributed by atoms with van der Waals surface area (Å²) in [7, 11) is 1.69. The fourth-order valence-corrected chi connectivity index (χ4v) is 2.38. The van der Waals surface area contributed by atoms with Gasteiger partial charge in [-0.3, -0.25) is 0 Å². The Hall–Kier alpha value is -0.670. The molecule has 1 aromatic carbocycles. The van der Waals surface area contributed by atoms with Gasteiger partial charge in [-0.05, 0) is 30.7 Å². The van der Waals surface area contributed by atoms with Crippen molar-refractivity contribution in [3.05, 3.63) is 23.8 Å². The number of para-hydroxylation sites is 1. The first-order valence-corrected chi connectivity index (χ1v) is 6.33. The molecular weight excluding hydrogens is 208 g/mol. The molecule has 0 aromatic heterocycles. The average Bonchev–Trinajstić information content (AvgIpc) is 2.95. The fraction of sp³-hybridized carbons (Fsp3) is 0.500. The van der Waals surface area contributed by atoms with Crippen molar-refractivity contribution in [2.24, 2.45) is 0 Å². The highest BCUT2D eigenvalue weighted by atomic mass is 32.2. The molecule has 15 heavy (non-hydrogen) atoms. The van der Waals surface area contributed by atoms with Gasteiger partial charge in [-0.25, -0.2) is 0 Å². The van der Waals surface area contributed by atoms with Crippen LogP contribution < -0.4 is 4.74 Å². The Bertz CT molecular complexity index is 359. The third-order valence-electron chi connectivity index (χ3n) is 2.83. The molecule has 1 aromatic rings. The van der Waals surface area contributed by atoms with Crippen molar-refractivity contribution < 1.29 is 9.84 Å². The van der Waals surface area contributed by atoms with Crippen LogP contribution in [0.1, 0.15) is 18.4 Å². The molecular formula is C12H16O2S. The molecule has 1 aliphatic carbocycles. The summed E-state index contributed by atoms with van der Waals surface area (Å²) in [6, 6.07) is 6.11. The third-order valence-corrected chi connectivity index (χ3v) is 3.59. The number of rotatable bonds is 4. The first-order valence-electron chi connectivity index (χ1n) is 5.11. The molecule has 0 heterocycles. The van der Waals surface area contributed by atoms with Crippen LogP contribution in [0, 0.1) is 0 Å². The lowest BCUT2D eigenvalue weighted by molar-refractivity contribution is 0.149. The maximum Gasteiger partial charge on any atom is 0.135 e. The second-order valence-electron chi connectivity index (χ2n) is 4.05. The first kappa shape index (κ1) is 10.8. The van der Waals surface area contributed by atoms with Crippen molar-refractivity contribution in [1.82, 2.24) is 0 Å². The third kappa shape index (κ3) is 2.29. The molecule has 0 saturated heterocycles. The highest BCUT2D eigenvalue weighted by Crippen LogP contribution is 2.41. The second-order valence-corrected chi connectivity index (χ2v) is 4.90. The summed E-state index contributed by atoms with van der Waals surface area (Å²) in [5.41, 5.74) is 0.661. The maximum absolute atomic E-state index is 9.90. The van der Waals surface area contributed by atoms with Gasteiger partial charge in [0.05, 0.1) is 12.7 Å². The number of thioether (sulfide) groups is 1. The monoisotopic (exact) mass is 224 g/mol. The van der Waals surface area contributed by atoms with Crippen LogP contribution in [0.2, 0.25) is 0 Å². The molecule has 0 amide bonds. The molecule has 0 atom stereocenters. The van der Waals surface area contributed by atoms with Crippen LogP contribution in [0.4, 0.5) is 0 Å². The maximum atomic E-state index is 9.90. The van der Waals surface area contributed by atoms with E-state index in [-0.39, 0.29) is 0 Å². The van der Waals surface area contributed by atoms with Gasteiger partial charge >= 0.3 is 0 Å². The van der Waals surface area contributed by atoms with Crippen molar-refractivity contribution in [2.75, 3.05) is 13.4 Å². The standard InChI is InChI=1S/C12H16O2S/c1-14-11-9(8-12(13)6-7-12)4-3-5-10(11)15-2/h3-5,13H,6-8H2,1-2H3. The zero-order chi connectivity index (χ0) is 10.9. The minimum atomic E-state index is -0.454. The molecule has 1 fully saturated rings. The van der Waals surface area contributed by atoms with Crippen LogP contribution in [0.5, 0.6) is 5.75 Å². The van der Waals surface area contributed by atoms with Gasteiger partial charge in [0.25, 0.3) is 0 Å². The fourth-order valence-electron chi connectivity index (χ4n) is 1.77. The normalized spacial score (nSPS) is 17.5. The highest BCUT2D eigenvalue weighted by Gasteiger charge is 2.40. The van der Waals surface area contributed by atoms with E-state index in [4.69, 9.17) is 4.74 Å². The molecule has 2 nitrogen and oxygen atoms in total. The second kappa shape index (κ2) is 4.06. The van der Waals surface area contributed by atoms with Crippen LogP contribution in [-0.2, 0) is 6.42 Å². The Morgan fingerprint density at radius 1 is 1.47 bits per heavy atom. The molecule has 2 rings (SSSR count). The lowest BCUT2D eigenvalue weighted by Crippen LogP contribution is -2.11. The number of hydrogen-bond acceptors (Lipinski definition) is 3. The predicted molar refractivity (Wildman–Crippen MR) is 62.7 cm³/mol. The summed E-state index contributed by atoms with van der Waals surface area (Å²) in [5, 5.41) is 9.90. The summed E-state index contributed by atoms with van der Waals surface area (Å²) in [4.78, 5) is 1.14. The van der Waals surface area contributed by atoms with Crippen LogP contribution in [0.25, 0.3) is 0 Å². The lowest BCUT2D eigenvalue weighted by Gasteiger charge is -2.14. The zero-order valence-corrected chi connectivity index (χ0v) is 9.93. The Labute approximate surface area is 94.6 Å². The van der Waals surface area contributed by atoms with Gasteiger partial charge in [-0.15, -0.1) is 11.8 Å². The number of methoxy groups -OCH3 is 1. The Morgan fingerprint density at radius 3 is 2.73 bits per heavy atom. The van der Waals surface area contributed by atoms with Crippen molar-refractivity contribution in [3.8, 4) is 5.75 Å². The molecule has 0 spiro atoms. The van der Waals surface area contributed by atoms with E-state index in [1.165, 1.54) is 0 Å². The van der Waals surface area contributed by atoms with Gasteiger partial charge in [0, 0.05) is 11.3 Å². The van der Waals surface area contributed by atoms with E-state index in [0.717, 1.165) is 29.1 Å². The quantitative estimate of drug-likeness (QED) is 0.797. The Kier molecular flexibility index (Phi) is 2.94. The number of hydrogen-bond donors (Lipinski definition) is 1. The molecule has 1 saturated carbocycles. The van der Waals surface area contributed by atoms with Gasteiger partial charge in [0.2, 0.25) is 0 Å². The minimum absolute atomic E-state index is 0.454. The Balaban J connectivity index is 2.28. The van der Waals surface area contributed by atoms with Gasteiger partial charge in [0.15, 0.2) is 0 Å². The molecule has 82 valence electrons. The lowest BCUT2D eigenvalue weighted by atomic mass is 10.1. The molecule has 1 N–H and O–H groups in total. The van der Waals surface area contributed by atoms with Gasteiger partial charge in [-0.2, -0.15) is 0 Å². The van der Waals surface area contributed by atoms with E-state index in [2.05, 4.69) is 0 Å². The van der Waals surface area contributed by atoms with Gasteiger partial charge < -0.3 is 9.84 Å². The summed E-state index contributed by atoms with van der Waals surface area (Å²) in [6.07, 6.45) is 4.58. The van der Waals surface area contributed by atoms with Crippen molar-refractivity contribution in [3.63, 3.8) is 0 Å². The average molecular weight is 224 g/mol. The molecule has 1 aliphatic rings. The summed E-state index contributed by atoms with van der Waals surface area (Å²) >= 11 is 1.67. The van der Waals surface area contributed by atoms with Gasteiger partial charge in [-0.1, -0.05) is 12.1 Å². The summed E-state index contributed by atoms with van der Waals surface area (Å²) in [5.74, 6) is 0.922. The molecule has 0 aliphatic heterocycles. The molecule has 3 heteroatoms. The Morgan fingerprint density at radius 2 is 2.20 bits per heavy atom. The highest BCUT2D eigenvalue weighted by molar-refractivity contribution is 7.98. The van der Waals surface area contributed by atoms with E-state index in [1.807, 2.05) is 24.5 Å². The minimum Gasteiger partial charge on any atom is -0.495 e. The number of benzene rings is 1. The van der Waals surface area contributed by atoms with Crippen LogP contribution in [-0.4, -0.2) is 24.1 Å². The number of ether oxygens (including phenoxy) is 1. The van der Waals surface area contributed by atoms with E-state index in [1.54, 1.807) is 18.9 Å². The SMILES string of the molecule is COc1c(CC2(O)CC2)cccc1SC. The van der Waals surface area contributed by atoms with Crippen molar-refractivity contribution in [2.45, 2.75) is 29.8 Å². The predicted octanol–water partition coefficient (Wildman–Crippen LogP) is 2.48. The molecule has 0 unspecified atom stereocenters. The van der Waals surface area contributed by atoms with Crippen molar-refractivity contribution >= 4 is 11.8 Å². The molecule has 0 bridgehead atoms.